The number of primary amides is 1. The summed E-state index contributed by atoms with van der Waals surface area (Å²) in [6, 6.07) is 1.72. The molecule has 1 rings (SSSR count). The predicted octanol–water partition coefficient (Wildman–Crippen LogP) is 1.52. The number of carbonyl (C=O) groups is 1. The van der Waals surface area contributed by atoms with Gasteiger partial charge < -0.3 is 16.8 Å². The van der Waals surface area contributed by atoms with Crippen LogP contribution < -0.4 is 16.8 Å². The number of nitrogens with two attached hydrogens (primary N) is 2. The van der Waals surface area contributed by atoms with E-state index in [1.807, 2.05) is 0 Å². The number of hydrogen-bond donors (Lipinski definition) is 3. The lowest BCUT2D eigenvalue weighted by Gasteiger charge is -2.21. The van der Waals surface area contributed by atoms with E-state index < -0.39 is 23.6 Å². The van der Waals surface area contributed by atoms with Crippen LogP contribution in [-0.2, 0) is 4.79 Å². The van der Waals surface area contributed by atoms with Gasteiger partial charge in [-0.25, -0.2) is 8.78 Å². The fourth-order valence-electron chi connectivity index (χ4n) is 1.59. The van der Waals surface area contributed by atoms with E-state index in [2.05, 4.69) is 17.5 Å². The van der Waals surface area contributed by atoms with Gasteiger partial charge in [0.2, 0.25) is 5.91 Å². The minimum Gasteiger partial charge on any atom is -0.389 e. The standard InChI is InChI=1S/C12H15F2N3OS/c1-5(2)10(11(15)18)17-7-4-3-6(12(16)19)8(13)9(7)14/h3-5,10,17H,1-2H3,(H2,15,18)(H2,16,19). The van der Waals surface area contributed by atoms with Gasteiger partial charge in [0.15, 0.2) is 11.6 Å². The van der Waals surface area contributed by atoms with Crippen LogP contribution in [0.1, 0.15) is 19.4 Å². The number of amides is 1. The van der Waals surface area contributed by atoms with Crippen LogP contribution in [0, 0.1) is 17.6 Å². The van der Waals surface area contributed by atoms with E-state index in [1.165, 1.54) is 12.1 Å². The normalized spacial score (nSPS) is 12.3. The van der Waals surface area contributed by atoms with Crippen LogP contribution in [0.5, 0.6) is 0 Å². The van der Waals surface area contributed by atoms with Crippen LogP contribution in [0.15, 0.2) is 12.1 Å². The molecule has 0 aliphatic rings. The van der Waals surface area contributed by atoms with Gasteiger partial charge in [-0.05, 0) is 18.1 Å². The smallest absolute Gasteiger partial charge is 0.240 e. The molecule has 1 aromatic rings. The maximum absolute atomic E-state index is 13.8. The van der Waals surface area contributed by atoms with E-state index >= 15 is 0 Å². The molecule has 0 spiro atoms. The zero-order valence-corrected chi connectivity index (χ0v) is 11.4. The van der Waals surface area contributed by atoms with E-state index in [0.717, 1.165) is 0 Å². The maximum Gasteiger partial charge on any atom is 0.240 e. The van der Waals surface area contributed by atoms with Crippen LogP contribution in [0.25, 0.3) is 0 Å². The number of carbonyl (C=O) groups excluding carboxylic acids is 1. The summed E-state index contributed by atoms with van der Waals surface area (Å²) in [5, 5.41) is 2.58. The van der Waals surface area contributed by atoms with E-state index in [-0.39, 0.29) is 22.2 Å². The van der Waals surface area contributed by atoms with Crippen molar-refractivity contribution in [3.8, 4) is 0 Å². The number of nitrogens with one attached hydrogen (secondary N) is 1. The highest BCUT2D eigenvalue weighted by atomic mass is 32.1. The summed E-state index contributed by atoms with van der Waals surface area (Å²) in [4.78, 5) is 11.0. The SMILES string of the molecule is CC(C)C(Nc1ccc(C(N)=S)c(F)c1F)C(N)=O. The van der Waals surface area contributed by atoms with Crippen molar-refractivity contribution in [3.05, 3.63) is 29.3 Å². The molecule has 0 fully saturated rings. The fourth-order valence-corrected chi connectivity index (χ4v) is 1.74. The van der Waals surface area contributed by atoms with Gasteiger partial charge in [0.05, 0.1) is 5.69 Å². The van der Waals surface area contributed by atoms with Crippen molar-refractivity contribution in [2.45, 2.75) is 19.9 Å². The van der Waals surface area contributed by atoms with Crippen LogP contribution in [0.4, 0.5) is 14.5 Å². The van der Waals surface area contributed by atoms with Crippen molar-refractivity contribution in [2.75, 3.05) is 5.32 Å². The molecule has 0 saturated heterocycles. The number of hydrogen-bond acceptors (Lipinski definition) is 3. The molecule has 19 heavy (non-hydrogen) atoms. The lowest BCUT2D eigenvalue weighted by atomic mass is 10.0. The quantitative estimate of drug-likeness (QED) is 0.717. The summed E-state index contributed by atoms with van der Waals surface area (Å²) >= 11 is 4.60. The molecule has 0 aliphatic carbocycles. The second kappa shape index (κ2) is 5.92. The van der Waals surface area contributed by atoms with Crippen molar-refractivity contribution in [2.24, 2.45) is 17.4 Å². The monoisotopic (exact) mass is 287 g/mol. The summed E-state index contributed by atoms with van der Waals surface area (Å²) in [5.41, 5.74) is 10.1. The van der Waals surface area contributed by atoms with Crippen LogP contribution in [-0.4, -0.2) is 16.9 Å². The fraction of sp³-hybridized carbons (Fsp3) is 0.333. The summed E-state index contributed by atoms with van der Waals surface area (Å²) in [5.74, 6) is -3.11. The minimum absolute atomic E-state index is 0.157. The van der Waals surface area contributed by atoms with Gasteiger partial charge in [0, 0.05) is 5.56 Å². The number of benzene rings is 1. The van der Waals surface area contributed by atoms with Crippen molar-refractivity contribution in [1.82, 2.24) is 0 Å². The largest absolute Gasteiger partial charge is 0.389 e. The Bertz CT molecular complexity index is 520. The minimum atomic E-state index is -1.15. The number of anilines is 1. The molecular weight excluding hydrogens is 272 g/mol. The van der Waals surface area contributed by atoms with Gasteiger partial charge in [-0.1, -0.05) is 26.1 Å². The Balaban J connectivity index is 3.13. The number of thiocarbonyl (C=S) groups is 1. The first-order valence-electron chi connectivity index (χ1n) is 5.59. The second-order valence-corrected chi connectivity index (χ2v) is 4.86. The Morgan fingerprint density at radius 3 is 2.26 bits per heavy atom. The van der Waals surface area contributed by atoms with E-state index in [1.54, 1.807) is 13.8 Å². The summed E-state index contributed by atoms with van der Waals surface area (Å²) < 4.78 is 27.5. The average Bonchev–Trinajstić information content (AvgIpc) is 2.29. The third kappa shape index (κ3) is 3.37. The van der Waals surface area contributed by atoms with Crippen molar-refractivity contribution < 1.29 is 13.6 Å². The average molecular weight is 287 g/mol. The van der Waals surface area contributed by atoms with Crippen LogP contribution in [0.2, 0.25) is 0 Å². The van der Waals surface area contributed by atoms with E-state index in [4.69, 9.17) is 11.5 Å². The Kier molecular flexibility index (Phi) is 4.77. The molecule has 104 valence electrons. The lowest BCUT2D eigenvalue weighted by Crippen LogP contribution is -2.39. The maximum atomic E-state index is 13.8. The van der Waals surface area contributed by atoms with E-state index in [9.17, 15) is 13.6 Å². The van der Waals surface area contributed by atoms with Crippen molar-refractivity contribution in [1.29, 1.82) is 0 Å². The van der Waals surface area contributed by atoms with Crippen molar-refractivity contribution in [3.63, 3.8) is 0 Å². The predicted molar refractivity (Wildman–Crippen MR) is 73.7 cm³/mol. The molecule has 0 aromatic heterocycles. The van der Waals surface area contributed by atoms with E-state index in [0.29, 0.717) is 0 Å². The first kappa shape index (κ1) is 15.3. The number of halogens is 2. The molecule has 0 bridgehead atoms. The Morgan fingerprint density at radius 2 is 1.84 bits per heavy atom. The first-order chi connectivity index (χ1) is 8.75. The molecule has 5 N–H and O–H groups in total. The second-order valence-electron chi connectivity index (χ2n) is 4.42. The number of rotatable bonds is 5. The van der Waals surface area contributed by atoms with Gasteiger partial charge >= 0.3 is 0 Å². The zero-order valence-electron chi connectivity index (χ0n) is 10.5. The first-order valence-corrected chi connectivity index (χ1v) is 6.00. The lowest BCUT2D eigenvalue weighted by molar-refractivity contribution is -0.119. The Hall–Kier alpha value is -1.76. The molecule has 7 heteroatoms. The molecule has 1 aromatic carbocycles. The molecule has 0 radical (unpaired) electrons. The third-order valence-electron chi connectivity index (χ3n) is 2.63. The molecule has 0 heterocycles. The molecule has 1 unspecified atom stereocenters. The molecular formula is C12H15F2N3OS. The van der Waals surface area contributed by atoms with Gasteiger partial charge in [-0.15, -0.1) is 0 Å². The zero-order chi connectivity index (χ0) is 14.7. The molecule has 0 aliphatic heterocycles. The highest BCUT2D eigenvalue weighted by molar-refractivity contribution is 7.80. The summed E-state index contributed by atoms with van der Waals surface area (Å²) in [6.45, 7) is 3.47. The summed E-state index contributed by atoms with van der Waals surface area (Å²) in [6.07, 6.45) is 0. The topological polar surface area (TPSA) is 81.1 Å². The highest BCUT2D eigenvalue weighted by Crippen LogP contribution is 2.22. The summed E-state index contributed by atoms with van der Waals surface area (Å²) in [7, 11) is 0. The molecule has 1 amide bonds. The van der Waals surface area contributed by atoms with Crippen LogP contribution in [0.3, 0.4) is 0 Å². The molecule has 1 atom stereocenters. The van der Waals surface area contributed by atoms with Gasteiger partial charge in [-0.3, -0.25) is 4.79 Å². The van der Waals surface area contributed by atoms with Gasteiger partial charge in [-0.2, -0.15) is 0 Å². The van der Waals surface area contributed by atoms with Gasteiger partial charge in [0.25, 0.3) is 0 Å². The third-order valence-corrected chi connectivity index (χ3v) is 2.85. The highest BCUT2D eigenvalue weighted by Gasteiger charge is 2.22. The van der Waals surface area contributed by atoms with Crippen molar-refractivity contribution >= 4 is 28.8 Å². The Morgan fingerprint density at radius 1 is 1.26 bits per heavy atom. The Labute approximate surface area is 115 Å². The van der Waals surface area contributed by atoms with Crippen LogP contribution >= 0.6 is 12.2 Å². The molecule has 4 nitrogen and oxygen atoms in total. The van der Waals surface area contributed by atoms with Gasteiger partial charge in [0.1, 0.15) is 11.0 Å². The molecule has 0 saturated carbocycles.